The highest BCUT2D eigenvalue weighted by atomic mass is 14.8. The second-order valence-electron chi connectivity index (χ2n) is 13.4. The van der Waals surface area contributed by atoms with Gasteiger partial charge in [0.2, 0.25) is 0 Å². The van der Waals surface area contributed by atoms with Crippen LogP contribution in [0.5, 0.6) is 0 Å². The summed E-state index contributed by atoms with van der Waals surface area (Å²) >= 11 is 0. The van der Waals surface area contributed by atoms with Crippen molar-refractivity contribution in [2.24, 2.45) is 0 Å². The third-order valence-electron chi connectivity index (χ3n) is 10.5. The molecule has 7 aromatic carbocycles. The molecule has 2 heterocycles. The first kappa shape index (κ1) is 26.4. The van der Waals surface area contributed by atoms with Crippen molar-refractivity contribution in [3.8, 4) is 33.5 Å². The van der Waals surface area contributed by atoms with Crippen LogP contribution in [0, 0.1) is 0 Å². The van der Waals surface area contributed by atoms with Gasteiger partial charge < -0.3 is 0 Å². The van der Waals surface area contributed by atoms with Gasteiger partial charge in [-0.15, -0.1) is 0 Å². The van der Waals surface area contributed by atoms with Gasteiger partial charge in [0, 0.05) is 27.9 Å². The quantitative estimate of drug-likeness (QED) is 0.185. The molecule has 9 aromatic rings. The molecule has 2 heteroatoms. The predicted octanol–water partition coefficient (Wildman–Crippen LogP) is 11.9. The highest BCUT2D eigenvalue weighted by molar-refractivity contribution is 6.25. The van der Waals surface area contributed by atoms with Crippen LogP contribution in [-0.2, 0) is 5.41 Å². The summed E-state index contributed by atoms with van der Waals surface area (Å²) in [4.78, 5) is 9.82. The molecule has 0 N–H and O–H groups in total. The lowest BCUT2D eigenvalue weighted by atomic mass is 9.81. The second kappa shape index (κ2) is 9.57. The number of benzene rings is 7. The van der Waals surface area contributed by atoms with Gasteiger partial charge in [0.1, 0.15) is 0 Å². The Bertz CT molecular complexity index is 2740. The number of hydrogen-bond donors (Lipinski definition) is 0. The summed E-state index contributed by atoms with van der Waals surface area (Å²) in [5, 5.41) is 10.0. The Morgan fingerprint density at radius 1 is 0.426 bits per heavy atom. The third kappa shape index (κ3) is 3.79. The zero-order valence-electron chi connectivity index (χ0n) is 26.3. The van der Waals surface area contributed by atoms with E-state index >= 15 is 0 Å². The first-order valence-electron chi connectivity index (χ1n) is 16.3. The molecule has 0 aliphatic heterocycles. The van der Waals surface area contributed by atoms with E-state index in [4.69, 9.17) is 4.98 Å². The van der Waals surface area contributed by atoms with Crippen LogP contribution in [0.4, 0.5) is 0 Å². The molecule has 0 fully saturated rings. The van der Waals surface area contributed by atoms with E-state index in [9.17, 15) is 0 Å². The van der Waals surface area contributed by atoms with E-state index in [0.717, 1.165) is 33.1 Å². The first-order chi connectivity index (χ1) is 23.0. The lowest BCUT2D eigenvalue weighted by Crippen LogP contribution is -2.15. The predicted molar refractivity (Wildman–Crippen MR) is 198 cm³/mol. The molecular formula is C45H30N2. The molecule has 0 saturated heterocycles. The maximum absolute atomic E-state index is 5.15. The molecule has 2 nitrogen and oxygen atoms in total. The Balaban J connectivity index is 1.10. The lowest BCUT2D eigenvalue weighted by Gasteiger charge is -2.22. The van der Waals surface area contributed by atoms with Gasteiger partial charge in [0.25, 0.3) is 0 Å². The van der Waals surface area contributed by atoms with Crippen LogP contribution >= 0.6 is 0 Å². The summed E-state index contributed by atoms with van der Waals surface area (Å²) in [5.74, 6) is 0. The highest BCUT2D eigenvalue weighted by Gasteiger charge is 2.36. The van der Waals surface area contributed by atoms with Crippen molar-refractivity contribution in [1.29, 1.82) is 0 Å². The lowest BCUT2D eigenvalue weighted by molar-refractivity contribution is 0.660. The molecule has 0 radical (unpaired) electrons. The summed E-state index contributed by atoms with van der Waals surface area (Å²) in [6, 6.07) is 51.2. The molecule has 0 unspecified atom stereocenters. The standard InChI is InChI=1S/C45H30N2/c1-45(2)40-21-17-30(29-15-19-36-34-11-4-3-9-32(34)33-10-5-6-12-35(33)38(36)24-29)25-39(40)37-20-16-31(26-41(37)45)42-22-18-28-14-13-27-8-7-23-46-43(27)44(28)47-42/h3-26H,1-2H3. The van der Waals surface area contributed by atoms with E-state index in [0.29, 0.717) is 0 Å². The molecule has 47 heavy (non-hydrogen) atoms. The fourth-order valence-corrected chi connectivity index (χ4v) is 8.06. The minimum atomic E-state index is -0.122. The smallest absolute Gasteiger partial charge is 0.0972 e. The van der Waals surface area contributed by atoms with Crippen LogP contribution in [0.2, 0.25) is 0 Å². The van der Waals surface area contributed by atoms with Gasteiger partial charge in [-0.3, -0.25) is 4.98 Å². The van der Waals surface area contributed by atoms with Gasteiger partial charge in [0.05, 0.1) is 16.7 Å². The van der Waals surface area contributed by atoms with Crippen LogP contribution < -0.4 is 0 Å². The molecule has 1 aliphatic rings. The van der Waals surface area contributed by atoms with Gasteiger partial charge in [-0.05, 0) is 96.0 Å². The van der Waals surface area contributed by atoms with E-state index in [1.54, 1.807) is 0 Å². The number of nitrogens with zero attached hydrogens (tertiary/aromatic N) is 2. The fourth-order valence-electron chi connectivity index (χ4n) is 8.06. The molecule has 0 atom stereocenters. The van der Waals surface area contributed by atoms with Crippen LogP contribution in [0.15, 0.2) is 146 Å². The van der Waals surface area contributed by atoms with Gasteiger partial charge in [-0.1, -0.05) is 123 Å². The number of hydrogen-bond acceptors (Lipinski definition) is 2. The Labute approximate surface area is 273 Å². The zero-order chi connectivity index (χ0) is 31.3. The van der Waals surface area contributed by atoms with Crippen molar-refractivity contribution in [1.82, 2.24) is 9.97 Å². The average molecular weight is 599 g/mol. The van der Waals surface area contributed by atoms with Gasteiger partial charge >= 0.3 is 0 Å². The van der Waals surface area contributed by atoms with Gasteiger partial charge in [-0.25, -0.2) is 4.98 Å². The summed E-state index contributed by atoms with van der Waals surface area (Å²) in [7, 11) is 0. The van der Waals surface area contributed by atoms with Crippen molar-refractivity contribution in [3.63, 3.8) is 0 Å². The van der Waals surface area contributed by atoms with Crippen LogP contribution in [0.1, 0.15) is 25.0 Å². The zero-order valence-corrected chi connectivity index (χ0v) is 26.3. The van der Waals surface area contributed by atoms with E-state index in [2.05, 4.69) is 152 Å². The van der Waals surface area contributed by atoms with Crippen LogP contribution in [0.25, 0.3) is 87.6 Å². The molecule has 0 spiro atoms. The molecular weight excluding hydrogens is 569 g/mol. The minimum absolute atomic E-state index is 0.122. The third-order valence-corrected chi connectivity index (χ3v) is 10.5. The Hall–Kier alpha value is -5.86. The maximum atomic E-state index is 5.15. The SMILES string of the molecule is CC1(C)c2ccc(-c3ccc4c5ccccc5c5ccccc5c4c3)cc2-c2ccc(-c3ccc4ccc5cccnc5c4n3)cc21. The molecule has 0 amide bonds. The fraction of sp³-hybridized carbons (Fsp3) is 0.0667. The molecule has 0 saturated carbocycles. The van der Waals surface area contributed by atoms with Crippen molar-refractivity contribution in [2.75, 3.05) is 0 Å². The first-order valence-corrected chi connectivity index (χ1v) is 16.3. The summed E-state index contributed by atoms with van der Waals surface area (Å²) in [6.45, 7) is 4.69. The normalized spacial score (nSPS) is 13.5. The van der Waals surface area contributed by atoms with E-state index < -0.39 is 0 Å². The topological polar surface area (TPSA) is 25.8 Å². The summed E-state index contributed by atoms with van der Waals surface area (Å²) < 4.78 is 0. The van der Waals surface area contributed by atoms with E-state index in [1.165, 1.54) is 65.7 Å². The Kier molecular flexibility index (Phi) is 5.37. The maximum Gasteiger partial charge on any atom is 0.0972 e. The Morgan fingerprint density at radius 3 is 1.81 bits per heavy atom. The Morgan fingerprint density at radius 2 is 1.04 bits per heavy atom. The molecule has 220 valence electrons. The molecule has 10 rings (SSSR count). The average Bonchev–Trinajstić information content (AvgIpc) is 3.36. The van der Waals surface area contributed by atoms with Crippen molar-refractivity contribution in [2.45, 2.75) is 19.3 Å². The molecule has 0 bridgehead atoms. The van der Waals surface area contributed by atoms with E-state index in [1.807, 2.05) is 12.3 Å². The number of rotatable bonds is 2. The molecule has 2 aromatic heterocycles. The van der Waals surface area contributed by atoms with E-state index in [-0.39, 0.29) is 5.41 Å². The number of fused-ring (bicyclic) bond motifs is 12. The minimum Gasteiger partial charge on any atom is -0.254 e. The number of aromatic nitrogens is 2. The van der Waals surface area contributed by atoms with Gasteiger partial charge in [-0.2, -0.15) is 0 Å². The van der Waals surface area contributed by atoms with Crippen molar-refractivity contribution in [3.05, 3.63) is 157 Å². The summed E-state index contributed by atoms with van der Waals surface area (Å²) in [5.41, 5.74) is 11.7. The van der Waals surface area contributed by atoms with Crippen LogP contribution in [-0.4, -0.2) is 9.97 Å². The second-order valence-corrected chi connectivity index (χ2v) is 13.4. The highest BCUT2D eigenvalue weighted by Crippen LogP contribution is 2.51. The van der Waals surface area contributed by atoms with Gasteiger partial charge in [0.15, 0.2) is 0 Å². The van der Waals surface area contributed by atoms with Crippen LogP contribution in [0.3, 0.4) is 0 Å². The van der Waals surface area contributed by atoms with Crippen molar-refractivity contribution >= 4 is 54.1 Å². The number of pyridine rings is 2. The summed E-state index contributed by atoms with van der Waals surface area (Å²) in [6.07, 6.45) is 1.85. The van der Waals surface area contributed by atoms with Crippen molar-refractivity contribution < 1.29 is 0 Å². The monoisotopic (exact) mass is 598 g/mol. The largest absolute Gasteiger partial charge is 0.254 e. The molecule has 1 aliphatic carbocycles.